The van der Waals surface area contributed by atoms with E-state index in [-0.39, 0.29) is 11.8 Å². The minimum atomic E-state index is 0.146. The predicted molar refractivity (Wildman–Crippen MR) is 73.1 cm³/mol. The Balaban J connectivity index is 1.79. The standard InChI is InChI=1S/C13H14BrN3O/c14-11-3-4-12(10(7-11)8-15)16-5-6-17-13(18)9-1-2-9/h3-4,7,9,16H,1-2,5-6H2,(H,17,18). The first-order valence-electron chi connectivity index (χ1n) is 5.92. The van der Waals surface area contributed by atoms with Gasteiger partial charge in [-0.1, -0.05) is 15.9 Å². The highest BCUT2D eigenvalue weighted by atomic mass is 79.9. The molecule has 1 aliphatic rings. The molecule has 0 atom stereocenters. The average Bonchev–Trinajstić information content (AvgIpc) is 3.19. The lowest BCUT2D eigenvalue weighted by molar-refractivity contribution is -0.122. The molecule has 0 unspecified atom stereocenters. The zero-order chi connectivity index (χ0) is 13.0. The van der Waals surface area contributed by atoms with Gasteiger partial charge in [-0.15, -0.1) is 0 Å². The Morgan fingerprint density at radius 1 is 1.44 bits per heavy atom. The maximum atomic E-state index is 11.4. The molecule has 94 valence electrons. The van der Waals surface area contributed by atoms with Crippen molar-refractivity contribution >= 4 is 27.5 Å². The van der Waals surface area contributed by atoms with Crippen molar-refractivity contribution in [3.05, 3.63) is 28.2 Å². The number of rotatable bonds is 5. The molecule has 1 fully saturated rings. The van der Waals surface area contributed by atoms with Crippen LogP contribution in [0, 0.1) is 17.2 Å². The molecule has 0 radical (unpaired) electrons. The lowest BCUT2D eigenvalue weighted by atomic mass is 10.2. The van der Waals surface area contributed by atoms with E-state index < -0.39 is 0 Å². The molecule has 18 heavy (non-hydrogen) atoms. The van der Waals surface area contributed by atoms with Crippen LogP contribution in [0.15, 0.2) is 22.7 Å². The van der Waals surface area contributed by atoms with Crippen LogP contribution in [0.2, 0.25) is 0 Å². The summed E-state index contributed by atoms with van der Waals surface area (Å²) in [7, 11) is 0. The Kier molecular flexibility index (Phi) is 4.21. The summed E-state index contributed by atoms with van der Waals surface area (Å²) in [6.07, 6.45) is 2.04. The summed E-state index contributed by atoms with van der Waals surface area (Å²) in [5.41, 5.74) is 1.39. The molecule has 0 aromatic heterocycles. The van der Waals surface area contributed by atoms with Crippen molar-refractivity contribution in [3.8, 4) is 6.07 Å². The molecule has 4 nitrogen and oxygen atoms in total. The molecule has 1 saturated carbocycles. The van der Waals surface area contributed by atoms with Gasteiger partial charge in [-0.2, -0.15) is 5.26 Å². The topological polar surface area (TPSA) is 64.9 Å². The molecule has 0 aliphatic heterocycles. The number of amides is 1. The van der Waals surface area contributed by atoms with E-state index in [1.54, 1.807) is 6.07 Å². The van der Waals surface area contributed by atoms with Crippen LogP contribution in [0.25, 0.3) is 0 Å². The molecule has 1 aliphatic carbocycles. The second-order valence-corrected chi connectivity index (χ2v) is 5.21. The van der Waals surface area contributed by atoms with E-state index in [4.69, 9.17) is 5.26 Å². The molecule has 1 aromatic rings. The van der Waals surface area contributed by atoms with Gasteiger partial charge in [-0.05, 0) is 31.0 Å². The number of hydrogen-bond donors (Lipinski definition) is 2. The molecular formula is C13H14BrN3O. The molecular weight excluding hydrogens is 294 g/mol. The summed E-state index contributed by atoms with van der Waals surface area (Å²) < 4.78 is 0.881. The third kappa shape index (κ3) is 3.47. The molecule has 0 spiro atoms. The van der Waals surface area contributed by atoms with E-state index in [2.05, 4.69) is 32.6 Å². The van der Waals surface area contributed by atoms with Crippen molar-refractivity contribution in [1.82, 2.24) is 5.32 Å². The Hall–Kier alpha value is -1.54. The summed E-state index contributed by atoms with van der Waals surface area (Å²) in [6.45, 7) is 1.20. The van der Waals surface area contributed by atoms with E-state index in [0.717, 1.165) is 23.0 Å². The van der Waals surface area contributed by atoms with Gasteiger partial charge in [0.15, 0.2) is 0 Å². The third-order valence-electron chi connectivity index (χ3n) is 2.79. The van der Waals surface area contributed by atoms with Gasteiger partial charge in [-0.3, -0.25) is 4.79 Å². The van der Waals surface area contributed by atoms with Crippen LogP contribution in [0.5, 0.6) is 0 Å². The van der Waals surface area contributed by atoms with Crippen LogP contribution in [-0.4, -0.2) is 19.0 Å². The number of nitrogens with one attached hydrogen (secondary N) is 2. The van der Waals surface area contributed by atoms with Crippen molar-refractivity contribution in [3.63, 3.8) is 0 Å². The van der Waals surface area contributed by atoms with Gasteiger partial charge in [0.25, 0.3) is 0 Å². The lowest BCUT2D eigenvalue weighted by Crippen LogP contribution is -2.29. The highest BCUT2D eigenvalue weighted by Gasteiger charge is 2.28. The maximum absolute atomic E-state index is 11.4. The first kappa shape index (κ1) is 12.9. The first-order valence-corrected chi connectivity index (χ1v) is 6.71. The fourth-order valence-corrected chi connectivity index (χ4v) is 2.00. The maximum Gasteiger partial charge on any atom is 0.223 e. The highest BCUT2D eigenvalue weighted by Crippen LogP contribution is 2.28. The second kappa shape index (κ2) is 5.87. The number of halogens is 1. The normalized spacial score (nSPS) is 13.8. The zero-order valence-corrected chi connectivity index (χ0v) is 11.5. The number of benzene rings is 1. The van der Waals surface area contributed by atoms with Crippen molar-refractivity contribution in [2.75, 3.05) is 18.4 Å². The van der Waals surface area contributed by atoms with Crippen molar-refractivity contribution in [1.29, 1.82) is 5.26 Å². The first-order chi connectivity index (χ1) is 8.70. The van der Waals surface area contributed by atoms with Crippen LogP contribution in [0.1, 0.15) is 18.4 Å². The fraction of sp³-hybridized carbons (Fsp3) is 0.385. The minimum absolute atomic E-state index is 0.146. The molecule has 0 bridgehead atoms. The molecule has 1 aromatic carbocycles. The van der Waals surface area contributed by atoms with Gasteiger partial charge >= 0.3 is 0 Å². The van der Waals surface area contributed by atoms with E-state index in [1.807, 2.05) is 12.1 Å². The Bertz CT molecular complexity index is 491. The number of anilines is 1. The lowest BCUT2D eigenvalue weighted by Gasteiger charge is -2.09. The Morgan fingerprint density at radius 3 is 2.89 bits per heavy atom. The molecule has 0 heterocycles. The summed E-state index contributed by atoms with van der Waals surface area (Å²) in [5.74, 6) is 0.389. The summed E-state index contributed by atoms with van der Waals surface area (Å²) in [4.78, 5) is 11.4. The van der Waals surface area contributed by atoms with Crippen molar-refractivity contribution in [2.45, 2.75) is 12.8 Å². The summed E-state index contributed by atoms with van der Waals surface area (Å²) in [5, 5.41) is 15.0. The number of nitrogens with zero attached hydrogens (tertiary/aromatic N) is 1. The Labute approximate surface area is 115 Å². The average molecular weight is 308 g/mol. The van der Waals surface area contributed by atoms with Crippen LogP contribution in [0.4, 0.5) is 5.69 Å². The van der Waals surface area contributed by atoms with Crippen LogP contribution in [0.3, 0.4) is 0 Å². The SMILES string of the molecule is N#Cc1cc(Br)ccc1NCCNC(=O)C1CC1. The van der Waals surface area contributed by atoms with Gasteiger partial charge in [-0.25, -0.2) is 0 Å². The van der Waals surface area contributed by atoms with E-state index in [1.165, 1.54) is 0 Å². The second-order valence-electron chi connectivity index (χ2n) is 4.29. The smallest absolute Gasteiger partial charge is 0.223 e. The van der Waals surface area contributed by atoms with Gasteiger partial charge in [0, 0.05) is 23.5 Å². The monoisotopic (exact) mass is 307 g/mol. The van der Waals surface area contributed by atoms with Gasteiger partial charge in [0.2, 0.25) is 5.91 Å². The number of nitriles is 1. The largest absolute Gasteiger partial charge is 0.382 e. The van der Waals surface area contributed by atoms with E-state index in [0.29, 0.717) is 18.7 Å². The number of carbonyl (C=O) groups is 1. The molecule has 0 saturated heterocycles. The van der Waals surface area contributed by atoms with Crippen LogP contribution in [-0.2, 0) is 4.79 Å². The number of carbonyl (C=O) groups excluding carboxylic acids is 1. The van der Waals surface area contributed by atoms with E-state index >= 15 is 0 Å². The molecule has 2 N–H and O–H groups in total. The molecule has 1 amide bonds. The van der Waals surface area contributed by atoms with Gasteiger partial charge in [0.1, 0.15) is 6.07 Å². The van der Waals surface area contributed by atoms with Gasteiger partial charge < -0.3 is 10.6 Å². The highest BCUT2D eigenvalue weighted by molar-refractivity contribution is 9.10. The third-order valence-corrected chi connectivity index (χ3v) is 3.28. The quantitative estimate of drug-likeness (QED) is 0.820. The van der Waals surface area contributed by atoms with Crippen molar-refractivity contribution < 1.29 is 4.79 Å². The zero-order valence-electron chi connectivity index (χ0n) is 9.87. The summed E-state index contributed by atoms with van der Waals surface area (Å²) in [6, 6.07) is 7.64. The predicted octanol–water partition coefficient (Wildman–Crippen LogP) is 2.26. The van der Waals surface area contributed by atoms with Crippen molar-refractivity contribution in [2.24, 2.45) is 5.92 Å². The molecule has 5 heteroatoms. The number of hydrogen-bond acceptors (Lipinski definition) is 3. The minimum Gasteiger partial charge on any atom is -0.382 e. The van der Waals surface area contributed by atoms with Crippen LogP contribution >= 0.6 is 15.9 Å². The fourth-order valence-electron chi connectivity index (χ4n) is 1.64. The van der Waals surface area contributed by atoms with E-state index in [9.17, 15) is 4.79 Å². The molecule has 2 rings (SSSR count). The Morgan fingerprint density at radius 2 is 2.22 bits per heavy atom. The van der Waals surface area contributed by atoms with Crippen LogP contribution < -0.4 is 10.6 Å². The van der Waals surface area contributed by atoms with Gasteiger partial charge in [0.05, 0.1) is 11.3 Å². The summed E-state index contributed by atoms with van der Waals surface area (Å²) >= 11 is 3.32.